The molecule has 2 aromatic carbocycles. The fourth-order valence-electron chi connectivity index (χ4n) is 2.97. The summed E-state index contributed by atoms with van der Waals surface area (Å²) in [7, 11) is -3.89. The van der Waals surface area contributed by atoms with E-state index in [1.165, 1.54) is 11.2 Å². The van der Waals surface area contributed by atoms with Crippen LogP contribution >= 0.6 is 11.6 Å². The van der Waals surface area contributed by atoms with E-state index in [1.54, 1.807) is 54.6 Å². The van der Waals surface area contributed by atoms with Gasteiger partial charge in [0.2, 0.25) is 15.9 Å². The number of hydrogen-bond donors (Lipinski definition) is 1. The third-order valence-corrected chi connectivity index (χ3v) is 7.48. The average Bonchev–Trinajstić information content (AvgIpc) is 2.92. The highest BCUT2D eigenvalue weighted by molar-refractivity contribution is 7.95. The molecule has 0 saturated carbocycles. The van der Waals surface area contributed by atoms with Gasteiger partial charge >= 0.3 is 0 Å². The largest absolute Gasteiger partial charge is 0.490 e. The highest BCUT2D eigenvalue weighted by Crippen LogP contribution is 2.37. The Morgan fingerprint density at radius 1 is 1.25 bits per heavy atom. The number of hydrogen-bond acceptors (Lipinski definition) is 4. The van der Waals surface area contributed by atoms with Gasteiger partial charge in [0.25, 0.3) is 0 Å². The molecule has 1 heterocycles. The lowest BCUT2D eigenvalue weighted by Gasteiger charge is -2.25. The van der Waals surface area contributed by atoms with E-state index >= 15 is 0 Å². The lowest BCUT2D eigenvalue weighted by molar-refractivity contribution is -0.118. The predicted molar refractivity (Wildman–Crippen MR) is 112 cm³/mol. The highest BCUT2D eigenvalue weighted by Gasteiger charge is 2.54. The van der Waals surface area contributed by atoms with Gasteiger partial charge in [-0.2, -0.15) is 0 Å². The van der Waals surface area contributed by atoms with Crippen molar-refractivity contribution in [2.75, 3.05) is 22.8 Å². The van der Waals surface area contributed by atoms with Gasteiger partial charge in [0.05, 0.1) is 5.69 Å². The maximum atomic E-state index is 13.1. The number of nitrogens with one attached hydrogen (secondary N) is 1. The zero-order chi connectivity index (χ0) is 20.4. The maximum Gasteiger partial charge on any atom is 0.249 e. The monoisotopic (exact) mass is 420 g/mol. The van der Waals surface area contributed by atoms with Crippen molar-refractivity contribution >= 4 is 38.9 Å². The van der Waals surface area contributed by atoms with Crippen molar-refractivity contribution in [2.45, 2.75) is 18.1 Å². The van der Waals surface area contributed by atoms with Crippen LogP contribution in [0.5, 0.6) is 5.75 Å². The van der Waals surface area contributed by atoms with Crippen molar-refractivity contribution < 1.29 is 17.9 Å². The second-order valence-corrected chi connectivity index (χ2v) is 9.34. The quantitative estimate of drug-likeness (QED) is 0.720. The number of anilines is 2. The van der Waals surface area contributed by atoms with Crippen LogP contribution in [0.15, 0.2) is 61.2 Å². The summed E-state index contributed by atoms with van der Waals surface area (Å²) >= 11 is 5.88. The van der Waals surface area contributed by atoms with Crippen molar-refractivity contribution in [3.8, 4) is 5.75 Å². The minimum absolute atomic E-state index is 0.185. The second-order valence-electron chi connectivity index (χ2n) is 6.61. The van der Waals surface area contributed by atoms with Gasteiger partial charge in [0.15, 0.2) is 4.75 Å². The summed E-state index contributed by atoms with van der Waals surface area (Å²) in [6.45, 7) is 5.64. The minimum Gasteiger partial charge on any atom is -0.490 e. The molecule has 0 bridgehead atoms. The average molecular weight is 421 g/mol. The number of ether oxygens (including phenoxy) is 1. The minimum atomic E-state index is -3.89. The first kappa shape index (κ1) is 20.2. The highest BCUT2D eigenvalue weighted by atomic mass is 35.5. The molecule has 3 rings (SSSR count). The Morgan fingerprint density at radius 2 is 1.89 bits per heavy atom. The van der Waals surface area contributed by atoms with E-state index < -0.39 is 20.7 Å². The number of sulfonamides is 1. The smallest absolute Gasteiger partial charge is 0.249 e. The Hall–Kier alpha value is -2.51. The Balaban J connectivity index is 1.77. The number of halogens is 1. The molecule has 1 N–H and O–H groups in total. The Kier molecular flexibility index (Phi) is 5.67. The van der Waals surface area contributed by atoms with Crippen molar-refractivity contribution in [3.63, 3.8) is 0 Å². The van der Waals surface area contributed by atoms with Gasteiger partial charge in [-0.1, -0.05) is 24.3 Å². The molecule has 1 aliphatic heterocycles. The van der Waals surface area contributed by atoms with Crippen LogP contribution in [0, 0.1) is 0 Å². The van der Waals surface area contributed by atoms with Crippen LogP contribution in [0.3, 0.4) is 0 Å². The van der Waals surface area contributed by atoms with Gasteiger partial charge in [-0.05, 0) is 61.9 Å². The van der Waals surface area contributed by atoms with Crippen LogP contribution in [-0.2, 0) is 14.8 Å². The summed E-state index contributed by atoms with van der Waals surface area (Å²) in [5.41, 5.74) is 0.988. The molecule has 0 spiro atoms. The summed E-state index contributed by atoms with van der Waals surface area (Å²) in [4.78, 5) is 12.9. The third-order valence-electron chi connectivity index (χ3n) is 4.73. The number of rotatable bonds is 6. The van der Waals surface area contributed by atoms with E-state index in [2.05, 4.69) is 11.9 Å². The molecule has 6 nitrogen and oxygen atoms in total. The van der Waals surface area contributed by atoms with Crippen LogP contribution < -0.4 is 14.4 Å². The van der Waals surface area contributed by atoms with Crippen LogP contribution in [-0.4, -0.2) is 32.2 Å². The third kappa shape index (κ3) is 3.72. The van der Waals surface area contributed by atoms with Gasteiger partial charge in [-0.3, -0.25) is 9.10 Å². The van der Waals surface area contributed by atoms with Crippen LogP contribution in [0.2, 0.25) is 5.02 Å². The van der Waals surface area contributed by atoms with Gasteiger partial charge in [-0.25, -0.2) is 8.42 Å². The van der Waals surface area contributed by atoms with E-state index in [9.17, 15) is 13.2 Å². The predicted octanol–water partition coefficient (Wildman–Crippen LogP) is 3.84. The molecule has 1 fully saturated rings. The Morgan fingerprint density at radius 3 is 2.50 bits per heavy atom. The number of benzene rings is 2. The molecule has 0 radical (unpaired) electrons. The van der Waals surface area contributed by atoms with Crippen molar-refractivity contribution in [1.82, 2.24) is 0 Å². The van der Waals surface area contributed by atoms with Crippen LogP contribution in [0.25, 0.3) is 0 Å². The summed E-state index contributed by atoms with van der Waals surface area (Å²) in [5, 5.41) is 3.22. The zero-order valence-electron chi connectivity index (χ0n) is 15.4. The van der Waals surface area contributed by atoms with Gasteiger partial charge in [0.1, 0.15) is 12.4 Å². The van der Waals surface area contributed by atoms with Crippen molar-refractivity contribution in [2.24, 2.45) is 0 Å². The molecule has 148 valence electrons. The van der Waals surface area contributed by atoms with Crippen molar-refractivity contribution in [1.29, 1.82) is 0 Å². The Labute approximate surface area is 169 Å². The first-order valence-electron chi connectivity index (χ1n) is 8.71. The van der Waals surface area contributed by atoms with E-state index in [1.807, 2.05) is 0 Å². The molecule has 8 heteroatoms. The number of carbonyl (C=O) groups is 1. The normalized spacial score (nSPS) is 20.6. The molecule has 28 heavy (non-hydrogen) atoms. The van der Waals surface area contributed by atoms with Gasteiger partial charge in [0, 0.05) is 17.3 Å². The van der Waals surface area contributed by atoms with E-state index in [0.717, 1.165) is 0 Å². The molecule has 1 saturated heterocycles. The standard InChI is InChI=1S/C20H21ClN2O4S/c1-3-14-27-18-10-6-16(7-11-18)22-19(24)20(2)12-13-23(28(20,25)26)17-8-4-15(21)5-9-17/h3-11H,1,12-14H2,2H3,(H,22,24)/t20-/m1/s1. The first-order valence-corrected chi connectivity index (χ1v) is 10.5. The molecule has 1 amide bonds. The van der Waals surface area contributed by atoms with E-state index in [4.69, 9.17) is 16.3 Å². The summed E-state index contributed by atoms with van der Waals surface area (Å²) in [6.07, 6.45) is 1.82. The maximum absolute atomic E-state index is 13.1. The molecule has 2 aromatic rings. The molecule has 0 aliphatic carbocycles. The molecule has 1 aliphatic rings. The molecular weight excluding hydrogens is 400 g/mol. The van der Waals surface area contributed by atoms with E-state index in [-0.39, 0.29) is 13.0 Å². The summed E-state index contributed by atoms with van der Waals surface area (Å²) in [6, 6.07) is 13.2. The van der Waals surface area contributed by atoms with E-state index in [0.29, 0.717) is 28.8 Å². The molecular formula is C20H21ClN2O4S. The number of carbonyl (C=O) groups excluding carboxylic acids is 1. The van der Waals surface area contributed by atoms with Crippen LogP contribution in [0.1, 0.15) is 13.3 Å². The fraction of sp³-hybridized carbons (Fsp3) is 0.250. The Bertz CT molecular complexity index is 974. The van der Waals surface area contributed by atoms with Crippen LogP contribution in [0.4, 0.5) is 11.4 Å². The number of amides is 1. The molecule has 0 aromatic heterocycles. The van der Waals surface area contributed by atoms with Crippen molar-refractivity contribution in [3.05, 3.63) is 66.2 Å². The summed E-state index contributed by atoms with van der Waals surface area (Å²) < 4.78 is 31.3. The first-order chi connectivity index (χ1) is 13.3. The second kappa shape index (κ2) is 7.85. The summed E-state index contributed by atoms with van der Waals surface area (Å²) in [5.74, 6) is 0.0650. The lowest BCUT2D eigenvalue weighted by Crippen LogP contribution is -2.47. The SMILES string of the molecule is C=CCOc1ccc(NC(=O)[C@@]2(C)CCN(c3ccc(Cl)cc3)S2(=O)=O)cc1. The zero-order valence-corrected chi connectivity index (χ0v) is 17.0. The topological polar surface area (TPSA) is 75.7 Å². The fourth-order valence-corrected chi connectivity index (χ4v) is 4.94. The van der Waals surface area contributed by atoms with Gasteiger partial charge in [-0.15, -0.1) is 0 Å². The molecule has 0 unspecified atom stereocenters. The lowest BCUT2D eigenvalue weighted by atomic mass is 10.1. The molecule has 1 atom stereocenters. The van der Waals surface area contributed by atoms with Gasteiger partial charge < -0.3 is 10.1 Å². The number of nitrogens with zero attached hydrogens (tertiary/aromatic N) is 1.